The number of nitrogens with one attached hydrogen (secondary N) is 1. The van der Waals surface area contributed by atoms with Crippen molar-refractivity contribution in [3.8, 4) is 0 Å². The number of rotatable bonds is 6. The van der Waals surface area contributed by atoms with E-state index in [1.54, 1.807) is 0 Å². The average Bonchev–Trinajstić information content (AvgIpc) is 2.86. The average molecular weight is 250 g/mol. The Morgan fingerprint density at radius 1 is 1.44 bits per heavy atom. The third-order valence-electron chi connectivity index (χ3n) is 3.38. The normalized spacial score (nSPS) is 19.4. The van der Waals surface area contributed by atoms with Crippen LogP contribution in [-0.4, -0.2) is 41.3 Å². The summed E-state index contributed by atoms with van der Waals surface area (Å²) in [5, 5.41) is 12.2. The van der Waals surface area contributed by atoms with Crippen molar-refractivity contribution >= 4 is 5.95 Å². The van der Waals surface area contributed by atoms with Crippen molar-refractivity contribution in [2.45, 2.75) is 26.3 Å². The van der Waals surface area contributed by atoms with Crippen LogP contribution < -0.4 is 10.2 Å². The summed E-state index contributed by atoms with van der Waals surface area (Å²) in [6.45, 7) is 6.10. The largest absolute Gasteiger partial charge is 0.396 e. The molecule has 2 heterocycles. The first-order valence-electron chi connectivity index (χ1n) is 6.71. The Bertz CT molecular complexity index is 355. The maximum Gasteiger partial charge on any atom is 0.225 e. The van der Waals surface area contributed by atoms with Gasteiger partial charge >= 0.3 is 0 Å². The Labute approximate surface area is 108 Å². The maximum absolute atomic E-state index is 8.95. The Morgan fingerprint density at radius 3 is 2.89 bits per heavy atom. The van der Waals surface area contributed by atoms with Crippen LogP contribution in [0.1, 0.15) is 25.3 Å². The number of hydrogen-bond acceptors (Lipinski definition) is 5. The maximum atomic E-state index is 8.95. The summed E-state index contributed by atoms with van der Waals surface area (Å²) < 4.78 is 0. The van der Waals surface area contributed by atoms with Crippen molar-refractivity contribution in [2.75, 3.05) is 31.1 Å². The van der Waals surface area contributed by atoms with E-state index in [0.29, 0.717) is 5.92 Å². The van der Waals surface area contributed by atoms with Crippen LogP contribution in [0.3, 0.4) is 0 Å². The molecule has 1 aromatic heterocycles. The summed E-state index contributed by atoms with van der Waals surface area (Å²) in [4.78, 5) is 11.0. The molecule has 0 amide bonds. The van der Waals surface area contributed by atoms with Gasteiger partial charge in [0.2, 0.25) is 5.95 Å². The van der Waals surface area contributed by atoms with Gasteiger partial charge < -0.3 is 15.3 Å². The van der Waals surface area contributed by atoms with E-state index in [4.69, 9.17) is 5.11 Å². The molecule has 1 aromatic rings. The van der Waals surface area contributed by atoms with Crippen molar-refractivity contribution in [1.29, 1.82) is 0 Å². The molecule has 1 saturated heterocycles. The van der Waals surface area contributed by atoms with Gasteiger partial charge in [-0.05, 0) is 25.3 Å². The summed E-state index contributed by atoms with van der Waals surface area (Å²) in [7, 11) is 0. The quantitative estimate of drug-likeness (QED) is 0.782. The van der Waals surface area contributed by atoms with Crippen LogP contribution in [-0.2, 0) is 6.54 Å². The summed E-state index contributed by atoms with van der Waals surface area (Å²) in [5.74, 6) is 1.40. The highest BCUT2D eigenvalue weighted by Crippen LogP contribution is 2.22. The molecule has 1 aliphatic heterocycles. The van der Waals surface area contributed by atoms with Gasteiger partial charge in [-0.25, -0.2) is 9.97 Å². The summed E-state index contributed by atoms with van der Waals surface area (Å²) in [6, 6.07) is 0. The second-order valence-electron chi connectivity index (χ2n) is 4.78. The molecular formula is C13H22N4O. The molecule has 1 unspecified atom stereocenters. The molecule has 5 nitrogen and oxygen atoms in total. The zero-order chi connectivity index (χ0) is 12.8. The predicted molar refractivity (Wildman–Crippen MR) is 71.4 cm³/mol. The fourth-order valence-corrected chi connectivity index (χ4v) is 2.30. The van der Waals surface area contributed by atoms with Crippen molar-refractivity contribution in [3.05, 3.63) is 18.0 Å². The highest BCUT2D eigenvalue weighted by molar-refractivity contribution is 5.31. The van der Waals surface area contributed by atoms with Gasteiger partial charge in [0.05, 0.1) is 0 Å². The van der Waals surface area contributed by atoms with Gasteiger partial charge in [0.25, 0.3) is 0 Å². The van der Waals surface area contributed by atoms with Crippen LogP contribution >= 0.6 is 0 Å². The van der Waals surface area contributed by atoms with Crippen LogP contribution in [0.5, 0.6) is 0 Å². The SMILES string of the molecule is CCNCc1cnc(N2CCC(CCO)C2)nc1. The van der Waals surface area contributed by atoms with Crippen molar-refractivity contribution in [3.63, 3.8) is 0 Å². The van der Waals surface area contributed by atoms with Crippen LogP contribution in [0.25, 0.3) is 0 Å². The topological polar surface area (TPSA) is 61.3 Å². The minimum absolute atomic E-state index is 0.279. The zero-order valence-electron chi connectivity index (χ0n) is 11.0. The molecule has 1 atom stereocenters. The lowest BCUT2D eigenvalue weighted by atomic mass is 10.1. The van der Waals surface area contributed by atoms with Gasteiger partial charge in [-0.1, -0.05) is 6.92 Å². The van der Waals surface area contributed by atoms with E-state index in [1.165, 1.54) is 0 Å². The van der Waals surface area contributed by atoms with E-state index in [2.05, 4.69) is 27.1 Å². The number of aliphatic hydroxyl groups excluding tert-OH is 1. The molecule has 1 fully saturated rings. The Kier molecular flexibility index (Phi) is 4.90. The predicted octanol–water partition coefficient (Wildman–Crippen LogP) is 0.795. The fourth-order valence-electron chi connectivity index (χ4n) is 2.30. The molecule has 0 aromatic carbocycles. The second-order valence-corrected chi connectivity index (χ2v) is 4.78. The first-order chi connectivity index (χ1) is 8.83. The van der Waals surface area contributed by atoms with E-state index in [9.17, 15) is 0 Å². The van der Waals surface area contributed by atoms with Gasteiger partial charge in [-0.2, -0.15) is 0 Å². The van der Waals surface area contributed by atoms with Gasteiger partial charge in [0.1, 0.15) is 0 Å². The van der Waals surface area contributed by atoms with Gasteiger partial charge in [-0.3, -0.25) is 0 Å². The Morgan fingerprint density at radius 2 is 2.22 bits per heavy atom. The molecule has 18 heavy (non-hydrogen) atoms. The molecule has 0 saturated carbocycles. The van der Waals surface area contributed by atoms with Crippen LogP contribution in [0, 0.1) is 5.92 Å². The molecule has 0 aliphatic carbocycles. The number of anilines is 1. The minimum Gasteiger partial charge on any atom is -0.396 e. The highest BCUT2D eigenvalue weighted by Gasteiger charge is 2.23. The number of aliphatic hydroxyl groups is 1. The molecule has 100 valence electrons. The highest BCUT2D eigenvalue weighted by atomic mass is 16.3. The van der Waals surface area contributed by atoms with Crippen molar-refractivity contribution < 1.29 is 5.11 Å². The molecule has 2 N–H and O–H groups in total. The minimum atomic E-state index is 0.279. The lowest BCUT2D eigenvalue weighted by Crippen LogP contribution is -2.22. The zero-order valence-corrected chi connectivity index (χ0v) is 11.0. The smallest absolute Gasteiger partial charge is 0.225 e. The molecule has 0 spiro atoms. The molecular weight excluding hydrogens is 228 g/mol. The lowest BCUT2D eigenvalue weighted by molar-refractivity contribution is 0.263. The van der Waals surface area contributed by atoms with Crippen molar-refractivity contribution in [1.82, 2.24) is 15.3 Å². The fraction of sp³-hybridized carbons (Fsp3) is 0.692. The van der Waals surface area contributed by atoms with Gasteiger partial charge in [0, 0.05) is 44.2 Å². The summed E-state index contributed by atoms with van der Waals surface area (Å²) in [5.41, 5.74) is 1.12. The number of hydrogen-bond donors (Lipinski definition) is 2. The third-order valence-corrected chi connectivity index (χ3v) is 3.38. The van der Waals surface area contributed by atoms with Crippen LogP contribution in [0.2, 0.25) is 0 Å². The molecule has 0 radical (unpaired) electrons. The van der Waals surface area contributed by atoms with Gasteiger partial charge in [-0.15, -0.1) is 0 Å². The van der Waals surface area contributed by atoms with E-state index < -0.39 is 0 Å². The summed E-state index contributed by atoms with van der Waals surface area (Å²) >= 11 is 0. The molecule has 0 bridgehead atoms. The lowest BCUT2D eigenvalue weighted by Gasteiger charge is -2.16. The van der Waals surface area contributed by atoms with E-state index in [0.717, 1.165) is 50.5 Å². The molecule has 2 rings (SSSR count). The van der Waals surface area contributed by atoms with E-state index in [1.807, 2.05) is 12.4 Å². The number of aromatic nitrogens is 2. The standard InChI is InChI=1S/C13H22N4O/c1-2-14-7-12-8-15-13(16-9-12)17-5-3-11(10-17)4-6-18/h8-9,11,14,18H,2-7,10H2,1H3. The second kappa shape index (κ2) is 6.66. The molecule has 5 heteroatoms. The molecule has 1 aliphatic rings. The third kappa shape index (κ3) is 3.40. The van der Waals surface area contributed by atoms with E-state index in [-0.39, 0.29) is 6.61 Å². The Hall–Kier alpha value is -1.20. The van der Waals surface area contributed by atoms with Crippen LogP contribution in [0.4, 0.5) is 5.95 Å². The van der Waals surface area contributed by atoms with E-state index >= 15 is 0 Å². The number of nitrogens with zero attached hydrogens (tertiary/aromatic N) is 3. The van der Waals surface area contributed by atoms with Gasteiger partial charge in [0.15, 0.2) is 0 Å². The van der Waals surface area contributed by atoms with Crippen LogP contribution in [0.15, 0.2) is 12.4 Å². The monoisotopic (exact) mass is 250 g/mol. The summed E-state index contributed by atoms with van der Waals surface area (Å²) in [6.07, 6.45) is 5.80. The van der Waals surface area contributed by atoms with Crippen molar-refractivity contribution in [2.24, 2.45) is 5.92 Å². The Balaban J connectivity index is 1.90. The first kappa shape index (κ1) is 13.2. The first-order valence-corrected chi connectivity index (χ1v) is 6.71.